The van der Waals surface area contributed by atoms with Crippen LogP contribution in [0.4, 0.5) is 5.69 Å². The van der Waals surface area contributed by atoms with Crippen molar-refractivity contribution >= 4 is 34.9 Å². The minimum absolute atomic E-state index is 0. The lowest BCUT2D eigenvalue weighted by Gasteiger charge is -2.24. The molecule has 2 atom stereocenters. The molecule has 0 aliphatic carbocycles. The van der Waals surface area contributed by atoms with Gasteiger partial charge in [0.2, 0.25) is 5.56 Å². The maximum atomic E-state index is 13.1. The Morgan fingerprint density at radius 1 is 1.19 bits per heavy atom. The van der Waals surface area contributed by atoms with E-state index in [1.54, 1.807) is 4.90 Å². The summed E-state index contributed by atoms with van der Waals surface area (Å²) in [5.74, 6) is -0.244. The first-order chi connectivity index (χ1) is 12.0. The second kappa shape index (κ2) is 7.05. The lowest BCUT2D eigenvalue weighted by atomic mass is 10.0. The Bertz CT molecular complexity index is 929. The average Bonchev–Trinajstić information content (AvgIpc) is 2.92. The summed E-state index contributed by atoms with van der Waals surface area (Å²) in [6.45, 7) is 1.22. The fourth-order valence-corrected chi connectivity index (χ4v) is 3.83. The van der Waals surface area contributed by atoms with Crippen LogP contribution in [0, 0.1) is 10.1 Å². The van der Waals surface area contributed by atoms with Gasteiger partial charge in [0.25, 0.3) is 11.6 Å². The molecule has 1 amide bonds. The van der Waals surface area contributed by atoms with Gasteiger partial charge >= 0.3 is 0 Å². The van der Waals surface area contributed by atoms with Gasteiger partial charge < -0.3 is 15.2 Å². The number of non-ortho nitro benzene ring substituents is 1. The largest absolute Gasteiger partial charge is 0.337 e. The minimum Gasteiger partial charge on any atom is -0.337 e. The number of hydrogen-bond acceptors (Lipinski definition) is 5. The molecule has 8 nitrogen and oxygen atoms in total. The van der Waals surface area contributed by atoms with Gasteiger partial charge in [-0.15, -0.1) is 12.4 Å². The third-order valence-corrected chi connectivity index (χ3v) is 5.08. The predicted molar refractivity (Wildman–Crippen MR) is 98.9 cm³/mol. The number of halogens is 1. The summed E-state index contributed by atoms with van der Waals surface area (Å²) in [6.07, 6.45) is 3.05. The number of nitro benzene ring substituents is 1. The third-order valence-electron chi connectivity index (χ3n) is 5.08. The average molecular weight is 379 g/mol. The van der Waals surface area contributed by atoms with Crippen molar-refractivity contribution in [2.45, 2.75) is 31.3 Å². The van der Waals surface area contributed by atoms with Gasteiger partial charge in [-0.1, -0.05) is 0 Å². The highest BCUT2D eigenvalue weighted by atomic mass is 35.5. The number of H-pyrrole nitrogens is 1. The number of carbonyl (C=O) groups is 1. The lowest BCUT2D eigenvalue weighted by molar-refractivity contribution is -0.384. The molecule has 2 bridgehead atoms. The molecule has 138 valence electrons. The van der Waals surface area contributed by atoms with Crippen molar-refractivity contribution < 1.29 is 9.72 Å². The number of hydrogen-bond donors (Lipinski definition) is 2. The molecule has 1 aromatic heterocycles. The molecule has 9 heteroatoms. The molecule has 2 aromatic rings. The Morgan fingerprint density at radius 3 is 2.73 bits per heavy atom. The number of fused-ring (bicyclic) bond motifs is 3. The quantitative estimate of drug-likeness (QED) is 0.612. The number of nitrogens with zero attached hydrogens (tertiary/aromatic N) is 2. The van der Waals surface area contributed by atoms with Crippen molar-refractivity contribution in [1.82, 2.24) is 15.2 Å². The van der Waals surface area contributed by atoms with E-state index in [0.29, 0.717) is 30.0 Å². The zero-order valence-corrected chi connectivity index (χ0v) is 14.8. The molecular weight excluding hydrogens is 360 g/mol. The summed E-state index contributed by atoms with van der Waals surface area (Å²) in [4.78, 5) is 39.9. The summed E-state index contributed by atoms with van der Waals surface area (Å²) in [7, 11) is 0. The number of pyridine rings is 1. The highest BCUT2D eigenvalue weighted by molar-refractivity contribution is 6.06. The van der Waals surface area contributed by atoms with Gasteiger partial charge in [-0.3, -0.25) is 19.7 Å². The highest BCUT2D eigenvalue weighted by Crippen LogP contribution is 2.25. The summed E-state index contributed by atoms with van der Waals surface area (Å²) in [5.41, 5.74) is 0.153. The number of aromatic nitrogens is 1. The van der Waals surface area contributed by atoms with Crippen molar-refractivity contribution in [3.05, 3.63) is 50.3 Å². The number of carbonyl (C=O) groups excluding carboxylic acids is 1. The molecule has 1 aromatic carbocycles. The van der Waals surface area contributed by atoms with Crippen molar-refractivity contribution in [3.63, 3.8) is 0 Å². The van der Waals surface area contributed by atoms with E-state index in [1.165, 1.54) is 24.3 Å². The molecule has 0 spiro atoms. The first kappa shape index (κ1) is 18.3. The van der Waals surface area contributed by atoms with Crippen LogP contribution in [0.3, 0.4) is 0 Å². The number of nitro groups is 1. The number of benzene rings is 1. The van der Waals surface area contributed by atoms with Crippen LogP contribution in [-0.2, 0) is 0 Å². The van der Waals surface area contributed by atoms with E-state index in [1.807, 2.05) is 0 Å². The second-order valence-corrected chi connectivity index (χ2v) is 6.71. The van der Waals surface area contributed by atoms with Crippen LogP contribution in [0.1, 0.15) is 29.6 Å². The zero-order chi connectivity index (χ0) is 17.6. The van der Waals surface area contributed by atoms with Crippen LogP contribution in [0.2, 0.25) is 0 Å². The number of likely N-dealkylation sites (tertiary alicyclic amines) is 1. The topological polar surface area (TPSA) is 108 Å². The summed E-state index contributed by atoms with van der Waals surface area (Å²) < 4.78 is 0. The molecular formula is C17H19ClN4O4. The molecule has 2 aliphatic rings. The van der Waals surface area contributed by atoms with E-state index in [2.05, 4.69) is 10.3 Å². The van der Waals surface area contributed by atoms with Gasteiger partial charge in [0.05, 0.1) is 10.5 Å². The van der Waals surface area contributed by atoms with Gasteiger partial charge in [0, 0.05) is 54.3 Å². The fraction of sp³-hybridized carbons (Fsp3) is 0.412. The fourth-order valence-electron chi connectivity index (χ4n) is 3.83. The number of rotatable bonds is 2. The molecule has 0 saturated carbocycles. The predicted octanol–water partition coefficient (Wildman–Crippen LogP) is 1.82. The Labute approximate surface area is 155 Å². The second-order valence-electron chi connectivity index (χ2n) is 6.71. The normalized spacial score (nSPS) is 21.9. The van der Waals surface area contributed by atoms with Crippen LogP contribution < -0.4 is 10.9 Å². The van der Waals surface area contributed by atoms with E-state index in [-0.39, 0.29) is 41.2 Å². The van der Waals surface area contributed by atoms with Gasteiger partial charge in [0.15, 0.2) is 0 Å². The van der Waals surface area contributed by atoms with Crippen LogP contribution in [0.5, 0.6) is 0 Å². The molecule has 4 rings (SSSR count). The van der Waals surface area contributed by atoms with E-state index < -0.39 is 4.92 Å². The molecule has 2 unspecified atom stereocenters. The molecule has 0 radical (unpaired) electrons. The maximum absolute atomic E-state index is 13.1. The van der Waals surface area contributed by atoms with Gasteiger partial charge in [-0.25, -0.2) is 0 Å². The van der Waals surface area contributed by atoms with Crippen molar-refractivity contribution in [1.29, 1.82) is 0 Å². The summed E-state index contributed by atoms with van der Waals surface area (Å²) >= 11 is 0. The van der Waals surface area contributed by atoms with Crippen molar-refractivity contribution in [3.8, 4) is 0 Å². The van der Waals surface area contributed by atoms with E-state index in [4.69, 9.17) is 0 Å². The first-order valence-electron chi connectivity index (χ1n) is 8.38. The maximum Gasteiger partial charge on any atom is 0.270 e. The standard InChI is InChI=1S/C17H18N4O4.ClH/c22-16-8-14(13-7-12(21(24)25)3-4-15(13)19-16)17(23)20-6-5-10-1-2-11(9-20)18-10;/h3-4,7-8,10-11,18H,1-2,5-6,9H2,(H,19,22);1H. The molecule has 3 heterocycles. The van der Waals surface area contributed by atoms with E-state index >= 15 is 0 Å². The van der Waals surface area contributed by atoms with Gasteiger partial charge in [-0.2, -0.15) is 0 Å². The molecule has 2 fully saturated rings. The van der Waals surface area contributed by atoms with Crippen molar-refractivity contribution in [2.75, 3.05) is 13.1 Å². The smallest absolute Gasteiger partial charge is 0.270 e. The summed E-state index contributed by atoms with van der Waals surface area (Å²) in [5, 5.41) is 15.0. The Kier molecular flexibility index (Phi) is 4.97. The Balaban J connectivity index is 0.00000196. The van der Waals surface area contributed by atoms with E-state index in [0.717, 1.165) is 19.3 Å². The molecule has 26 heavy (non-hydrogen) atoms. The Hall–Kier alpha value is -2.45. The number of aromatic amines is 1. The lowest BCUT2D eigenvalue weighted by Crippen LogP contribution is -2.39. The third kappa shape index (κ3) is 3.30. The van der Waals surface area contributed by atoms with Crippen LogP contribution in [0.15, 0.2) is 29.1 Å². The van der Waals surface area contributed by atoms with Crippen LogP contribution in [0.25, 0.3) is 10.9 Å². The summed E-state index contributed by atoms with van der Waals surface area (Å²) in [6, 6.07) is 6.10. The van der Waals surface area contributed by atoms with Crippen LogP contribution in [-0.4, -0.2) is 45.9 Å². The first-order valence-corrected chi connectivity index (χ1v) is 8.38. The molecule has 2 aliphatic heterocycles. The number of nitrogens with one attached hydrogen (secondary N) is 2. The van der Waals surface area contributed by atoms with Gasteiger partial charge in [0.1, 0.15) is 0 Å². The number of amides is 1. The highest BCUT2D eigenvalue weighted by Gasteiger charge is 2.32. The van der Waals surface area contributed by atoms with Crippen molar-refractivity contribution in [2.24, 2.45) is 0 Å². The zero-order valence-electron chi connectivity index (χ0n) is 13.9. The SMILES string of the molecule is Cl.O=C(c1cc(=O)[nH]c2ccc([N+](=O)[O-])cc12)N1CCC2CCC(C1)N2. The molecule has 2 saturated heterocycles. The monoisotopic (exact) mass is 378 g/mol. The van der Waals surface area contributed by atoms with E-state index in [9.17, 15) is 19.7 Å². The molecule has 2 N–H and O–H groups in total. The van der Waals surface area contributed by atoms with Crippen LogP contribution >= 0.6 is 12.4 Å². The Morgan fingerprint density at radius 2 is 1.96 bits per heavy atom. The van der Waals surface area contributed by atoms with Gasteiger partial charge in [-0.05, 0) is 25.3 Å². The minimum atomic E-state index is -0.506.